The van der Waals surface area contributed by atoms with Crippen molar-refractivity contribution in [2.75, 3.05) is 19.7 Å². The molecule has 1 unspecified atom stereocenters. The summed E-state index contributed by atoms with van der Waals surface area (Å²) < 4.78 is 51.6. The smallest absolute Gasteiger partial charge is 0.313 e. The molecular formula is C28H23F3N2O6. The van der Waals surface area contributed by atoms with Gasteiger partial charge in [-0.15, -0.1) is 0 Å². The number of ketones is 1. The van der Waals surface area contributed by atoms with Crippen molar-refractivity contribution in [1.29, 1.82) is 0 Å². The van der Waals surface area contributed by atoms with Crippen LogP contribution in [0.25, 0.3) is 10.8 Å². The molecule has 202 valence electrons. The number of carbonyl (C=O) groups excluding carboxylic acids is 4. The number of hydrogen-bond donors (Lipinski definition) is 1. The van der Waals surface area contributed by atoms with Gasteiger partial charge in [0.25, 0.3) is 5.91 Å². The highest BCUT2D eigenvalue weighted by molar-refractivity contribution is 6.07. The molecule has 2 amide bonds. The monoisotopic (exact) mass is 540 g/mol. The number of piperidine rings is 1. The summed E-state index contributed by atoms with van der Waals surface area (Å²) in [5, 5.41) is 4.28. The third-order valence-corrected chi connectivity index (χ3v) is 6.91. The number of benzene rings is 3. The van der Waals surface area contributed by atoms with Crippen molar-refractivity contribution in [3.63, 3.8) is 0 Å². The van der Waals surface area contributed by atoms with E-state index in [0.717, 1.165) is 10.8 Å². The van der Waals surface area contributed by atoms with Crippen molar-refractivity contribution in [2.24, 2.45) is 5.92 Å². The van der Waals surface area contributed by atoms with Gasteiger partial charge in [-0.1, -0.05) is 36.4 Å². The Bertz CT molecular complexity index is 1480. The molecule has 11 heteroatoms. The fourth-order valence-corrected chi connectivity index (χ4v) is 4.81. The van der Waals surface area contributed by atoms with Crippen molar-refractivity contribution < 1.29 is 41.8 Å². The fourth-order valence-electron chi connectivity index (χ4n) is 4.81. The molecule has 2 aliphatic heterocycles. The molecule has 5 rings (SSSR count). The number of nitrogens with one attached hydrogen (secondary N) is 1. The molecule has 1 fully saturated rings. The van der Waals surface area contributed by atoms with Crippen LogP contribution >= 0.6 is 0 Å². The van der Waals surface area contributed by atoms with Crippen molar-refractivity contribution in [3.8, 4) is 11.5 Å². The minimum atomic E-state index is -1.61. The van der Waals surface area contributed by atoms with Gasteiger partial charge in [-0.05, 0) is 29.7 Å². The Morgan fingerprint density at radius 1 is 0.923 bits per heavy atom. The molecule has 3 aromatic carbocycles. The number of hydrogen-bond acceptors (Lipinski definition) is 6. The van der Waals surface area contributed by atoms with Gasteiger partial charge < -0.3 is 19.7 Å². The molecule has 0 radical (unpaired) electrons. The fraction of sp³-hybridized carbons (Fsp3) is 0.286. The average molecular weight is 540 g/mol. The maximum Gasteiger partial charge on any atom is 0.313 e. The highest BCUT2D eigenvalue weighted by Gasteiger charge is 2.34. The first-order valence-corrected chi connectivity index (χ1v) is 12.3. The van der Waals surface area contributed by atoms with E-state index in [1.165, 1.54) is 0 Å². The minimum absolute atomic E-state index is 0.146. The van der Waals surface area contributed by atoms with Crippen LogP contribution in [0.15, 0.2) is 48.5 Å². The molecular weight excluding hydrogens is 517 g/mol. The minimum Gasteiger partial charge on any atom is -0.479 e. The van der Waals surface area contributed by atoms with Gasteiger partial charge in [-0.25, -0.2) is 8.78 Å². The molecule has 0 saturated carbocycles. The lowest BCUT2D eigenvalue weighted by molar-refractivity contribution is -0.138. The normalized spacial score (nSPS) is 18.3. The Kier molecular flexibility index (Phi) is 7.23. The Hall–Kier alpha value is -4.41. The number of halogens is 3. The van der Waals surface area contributed by atoms with Gasteiger partial charge in [-0.3, -0.25) is 19.2 Å². The number of nitrogens with zero attached hydrogens (tertiary/aromatic N) is 1. The van der Waals surface area contributed by atoms with Crippen LogP contribution in [0.3, 0.4) is 0 Å². The Labute approximate surface area is 220 Å². The summed E-state index contributed by atoms with van der Waals surface area (Å²) in [6, 6.07) is 11.9. The first-order valence-electron chi connectivity index (χ1n) is 12.3. The van der Waals surface area contributed by atoms with E-state index in [1.54, 1.807) is 11.0 Å². The molecule has 1 N–H and O–H groups in total. The summed E-state index contributed by atoms with van der Waals surface area (Å²) in [6.07, 6.45) is -0.0130. The van der Waals surface area contributed by atoms with E-state index in [4.69, 9.17) is 9.47 Å². The van der Waals surface area contributed by atoms with E-state index < -0.39 is 71.6 Å². The number of esters is 1. The van der Waals surface area contributed by atoms with Gasteiger partial charge >= 0.3 is 5.97 Å². The molecule has 1 atom stereocenters. The topological polar surface area (TPSA) is 102 Å². The van der Waals surface area contributed by atoms with Crippen LogP contribution in [0.1, 0.15) is 29.6 Å². The first-order chi connectivity index (χ1) is 18.7. The predicted octanol–water partition coefficient (Wildman–Crippen LogP) is 3.55. The van der Waals surface area contributed by atoms with Crippen molar-refractivity contribution in [1.82, 2.24) is 10.2 Å². The molecule has 2 aliphatic rings. The average Bonchev–Trinajstić information content (AvgIpc) is 2.99. The lowest BCUT2D eigenvalue weighted by Crippen LogP contribution is -2.49. The number of fused-ring (bicyclic) bond motifs is 2. The van der Waals surface area contributed by atoms with E-state index >= 15 is 0 Å². The van der Waals surface area contributed by atoms with Crippen LogP contribution in [0.4, 0.5) is 13.2 Å². The highest BCUT2D eigenvalue weighted by atomic mass is 19.2. The number of ether oxygens (including phenoxy) is 2. The van der Waals surface area contributed by atoms with Gasteiger partial charge in [0, 0.05) is 30.6 Å². The predicted molar refractivity (Wildman–Crippen MR) is 132 cm³/mol. The third-order valence-electron chi connectivity index (χ3n) is 6.91. The lowest BCUT2D eigenvalue weighted by atomic mass is 9.94. The number of Topliss-reactive ketones (excluding diaryl/α,β-unsaturated/α-hetero) is 1. The molecule has 2 heterocycles. The Balaban J connectivity index is 1.22. The Morgan fingerprint density at radius 2 is 1.64 bits per heavy atom. The van der Waals surface area contributed by atoms with Crippen LogP contribution < -0.4 is 14.8 Å². The second-order valence-corrected chi connectivity index (χ2v) is 9.40. The van der Waals surface area contributed by atoms with E-state index in [2.05, 4.69) is 5.32 Å². The summed E-state index contributed by atoms with van der Waals surface area (Å²) in [6.45, 7) is -0.237. The Morgan fingerprint density at radius 3 is 2.41 bits per heavy atom. The molecule has 8 nitrogen and oxygen atoms in total. The van der Waals surface area contributed by atoms with Crippen LogP contribution in [0, 0.1) is 23.4 Å². The molecule has 39 heavy (non-hydrogen) atoms. The van der Waals surface area contributed by atoms with E-state index in [0.29, 0.717) is 31.5 Å². The lowest BCUT2D eigenvalue weighted by Gasteiger charge is -2.32. The maximum atomic E-state index is 14.1. The zero-order chi connectivity index (χ0) is 27.7. The summed E-state index contributed by atoms with van der Waals surface area (Å²) in [7, 11) is 0. The number of rotatable bonds is 3. The third kappa shape index (κ3) is 5.29. The quantitative estimate of drug-likeness (QED) is 0.310. The molecule has 0 spiro atoms. The summed E-state index contributed by atoms with van der Waals surface area (Å²) in [5.74, 6) is -9.72. The number of amides is 2. The maximum absolute atomic E-state index is 14.1. The first kappa shape index (κ1) is 26.2. The molecule has 3 aromatic rings. The van der Waals surface area contributed by atoms with Gasteiger partial charge in [-0.2, -0.15) is 4.39 Å². The van der Waals surface area contributed by atoms with Crippen LogP contribution in [0.2, 0.25) is 0 Å². The second kappa shape index (κ2) is 10.8. The summed E-state index contributed by atoms with van der Waals surface area (Å²) in [4.78, 5) is 52.8. The van der Waals surface area contributed by atoms with Gasteiger partial charge in [0.05, 0.1) is 6.42 Å². The van der Waals surface area contributed by atoms with Crippen LogP contribution in [-0.4, -0.2) is 54.2 Å². The van der Waals surface area contributed by atoms with Crippen molar-refractivity contribution in [2.45, 2.75) is 25.3 Å². The summed E-state index contributed by atoms with van der Waals surface area (Å²) >= 11 is 0. The van der Waals surface area contributed by atoms with E-state index in [9.17, 15) is 32.3 Å². The largest absolute Gasteiger partial charge is 0.479 e. The molecule has 0 aliphatic carbocycles. The van der Waals surface area contributed by atoms with Gasteiger partial charge in [0.1, 0.15) is 12.6 Å². The molecule has 0 aromatic heterocycles. The van der Waals surface area contributed by atoms with Crippen molar-refractivity contribution >= 4 is 34.3 Å². The van der Waals surface area contributed by atoms with Gasteiger partial charge in [0.15, 0.2) is 17.4 Å². The molecule has 1 saturated heterocycles. The SMILES string of the molecule is O=C1CC(NC(=O)C2CCN(C(=O)c3cccc4ccccc34)CC2)C(=O)COc2c(F)c(F)cc(F)c2O1. The number of likely N-dealkylation sites (tertiary alicyclic amines) is 1. The van der Waals surface area contributed by atoms with Crippen LogP contribution in [-0.2, 0) is 14.4 Å². The van der Waals surface area contributed by atoms with Crippen LogP contribution in [0.5, 0.6) is 11.5 Å². The standard InChI is InChI=1S/C28H23F3N2O6/c29-19-12-20(30)25-26(24(19)31)38-14-22(34)21(13-23(35)39-25)32-27(36)16-8-10-33(11-9-16)28(37)18-7-3-5-15-4-1-2-6-17(15)18/h1-7,12,16,21H,8-11,13-14H2,(H,32,36). The van der Waals surface area contributed by atoms with E-state index in [-0.39, 0.29) is 12.0 Å². The summed E-state index contributed by atoms with van der Waals surface area (Å²) in [5.41, 5.74) is 0.569. The second-order valence-electron chi connectivity index (χ2n) is 9.40. The number of carbonyl (C=O) groups is 4. The van der Waals surface area contributed by atoms with Crippen molar-refractivity contribution in [3.05, 3.63) is 71.5 Å². The molecule has 0 bridgehead atoms. The zero-order valence-corrected chi connectivity index (χ0v) is 20.5. The van der Waals surface area contributed by atoms with E-state index in [1.807, 2.05) is 36.4 Å². The van der Waals surface area contributed by atoms with Gasteiger partial charge in [0.2, 0.25) is 23.2 Å². The highest BCUT2D eigenvalue weighted by Crippen LogP contribution is 2.36. The zero-order valence-electron chi connectivity index (χ0n) is 20.5.